The first-order chi connectivity index (χ1) is 10.6. The quantitative estimate of drug-likeness (QED) is 0.865. The number of hydrogen-bond donors (Lipinski definition) is 1. The average molecular weight is 318 g/mol. The van der Waals surface area contributed by atoms with Gasteiger partial charge < -0.3 is 10.1 Å². The minimum Gasteiger partial charge on any atom is -0.491 e. The summed E-state index contributed by atoms with van der Waals surface area (Å²) in [7, 11) is 0. The Morgan fingerprint density at radius 1 is 1.23 bits per heavy atom. The van der Waals surface area contributed by atoms with Crippen LogP contribution in [-0.2, 0) is 0 Å². The van der Waals surface area contributed by atoms with Crippen molar-refractivity contribution in [1.29, 1.82) is 0 Å². The van der Waals surface area contributed by atoms with Gasteiger partial charge in [0, 0.05) is 10.6 Å². The summed E-state index contributed by atoms with van der Waals surface area (Å²) in [6.07, 6.45) is 0.790. The van der Waals surface area contributed by atoms with Gasteiger partial charge in [-0.25, -0.2) is 0 Å². The summed E-state index contributed by atoms with van der Waals surface area (Å²) >= 11 is 5.91. The number of ether oxygens (including phenoxy) is 1. The summed E-state index contributed by atoms with van der Waals surface area (Å²) in [6.45, 7) is 4.47. The van der Waals surface area contributed by atoms with Gasteiger partial charge >= 0.3 is 0 Å². The molecule has 0 saturated carbocycles. The van der Waals surface area contributed by atoms with Gasteiger partial charge in [-0.1, -0.05) is 36.7 Å². The molecule has 4 heteroatoms. The summed E-state index contributed by atoms with van der Waals surface area (Å²) in [5, 5.41) is 3.52. The molecule has 2 aromatic carbocycles. The van der Waals surface area contributed by atoms with E-state index >= 15 is 0 Å². The number of benzene rings is 2. The molecule has 2 rings (SSSR count). The molecule has 0 aliphatic rings. The number of carbonyl (C=O) groups is 1. The van der Waals surface area contributed by atoms with Crippen LogP contribution in [0.4, 0.5) is 0 Å². The monoisotopic (exact) mass is 317 g/mol. The molecular weight excluding hydrogens is 298 g/mol. The van der Waals surface area contributed by atoms with Crippen molar-refractivity contribution in [3.8, 4) is 5.75 Å². The fourth-order valence-electron chi connectivity index (χ4n) is 2.06. The molecule has 2 aromatic rings. The van der Waals surface area contributed by atoms with E-state index in [1.54, 1.807) is 24.3 Å². The number of amides is 1. The zero-order valence-corrected chi connectivity index (χ0v) is 13.6. The maximum atomic E-state index is 12.2. The second-order valence-electron chi connectivity index (χ2n) is 5.22. The third-order valence-electron chi connectivity index (χ3n) is 3.36. The number of carbonyl (C=O) groups excluding carboxylic acids is 1. The molecule has 116 valence electrons. The Kier molecular flexibility index (Phi) is 5.84. The molecule has 0 bridgehead atoms. The smallest absolute Gasteiger partial charge is 0.251 e. The molecule has 1 atom stereocenters. The van der Waals surface area contributed by atoms with Crippen molar-refractivity contribution in [2.75, 3.05) is 6.61 Å². The second-order valence-corrected chi connectivity index (χ2v) is 5.65. The standard InChI is InChI=1S/C18H20ClNO2/c1-3-16(12-22-17-9-4-6-13(2)10-17)20-18(21)14-7-5-8-15(19)11-14/h4-11,16H,3,12H2,1-2H3,(H,20,21). The van der Waals surface area contributed by atoms with E-state index in [9.17, 15) is 4.79 Å². The molecule has 1 N–H and O–H groups in total. The van der Waals surface area contributed by atoms with E-state index in [1.165, 1.54) is 0 Å². The van der Waals surface area contributed by atoms with Crippen LogP contribution < -0.4 is 10.1 Å². The zero-order valence-electron chi connectivity index (χ0n) is 12.8. The van der Waals surface area contributed by atoms with Gasteiger partial charge in [-0.2, -0.15) is 0 Å². The minimum absolute atomic E-state index is 0.0491. The molecule has 0 heterocycles. The Labute approximate surface area is 136 Å². The fourth-order valence-corrected chi connectivity index (χ4v) is 2.25. The van der Waals surface area contributed by atoms with Crippen molar-refractivity contribution in [3.63, 3.8) is 0 Å². The highest BCUT2D eigenvalue weighted by molar-refractivity contribution is 6.30. The first kappa shape index (κ1) is 16.4. The Morgan fingerprint density at radius 2 is 2.00 bits per heavy atom. The van der Waals surface area contributed by atoms with Gasteiger partial charge in [0.2, 0.25) is 0 Å². The van der Waals surface area contributed by atoms with E-state index < -0.39 is 0 Å². The van der Waals surface area contributed by atoms with Crippen molar-refractivity contribution in [1.82, 2.24) is 5.32 Å². The van der Waals surface area contributed by atoms with Crippen LogP contribution in [0.1, 0.15) is 29.3 Å². The largest absolute Gasteiger partial charge is 0.491 e. The lowest BCUT2D eigenvalue weighted by Gasteiger charge is -2.18. The van der Waals surface area contributed by atoms with E-state index in [-0.39, 0.29) is 11.9 Å². The van der Waals surface area contributed by atoms with Crippen molar-refractivity contribution in [2.45, 2.75) is 26.3 Å². The van der Waals surface area contributed by atoms with Crippen molar-refractivity contribution >= 4 is 17.5 Å². The molecule has 0 aromatic heterocycles. The molecule has 3 nitrogen and oxygen atoms in total. The molecule has 0 fully saturated rings. The highest BCUT2D eigenvalue weighted by Crippen LogP contribution is 2.14. The Hall–Kier alpha value is -2.00. The van der Waals surface area contributed by atoms with Crippen molar-refractivity contribution in [2.24, 2.45) is 0 Å². The molecule has 0 spiro atoms. The van der Waals surface area contributed by atoms with E-state index in [0.717, 1.165) is 17.7 Å². The third kappa shape index (κ3) is 4.78. The Bertz CT molecular complexity index is 642. The van der Waals surface area contributed by atoms with Crippen molar-refractivity contribution in [3.05, 3.63) is 64.7 Å². The van der Waals surface area contributed by atoms with Crippen molar-refractivity contribution < 1.29 is 9.53 Å². The predicted molar refractivity (Wildman–Crippen MR) is 89.7 cm³/mol. The lowest BCUT2D eigenvalue weighted by molar-refractivity contribution is 0.0920. The third-order valence-corrected chi connectivity index (χ3v) is 3.59. The maximum absolute atomic E-state index is 12.2. The van der Waals surface area contributed by atoms with Gasteiger partial charge in [0.15, 0.2) is 0 Å². The van der Waals surface area contributed by atoms with Crippen LogP contribution >= 0.6 is 11.6 Å². The summed E-state index contributed by atoms with van der Waals surface area (Å²) < 4.78 is 5.76. The van der Waals surface area contributed by atoms with Gasteiger partial charge in [0.05, 0.1) is 6.04 Å². The van der Waals surface area contributed by atoms with E-state index in [4.69, 9.17) is 16.3 Å². The molecular formula is C18H20ClNO2. The number of nitrogens with one attached hydrogen (secondary N) is 1. The topological polar surface area (TPSA) is 38.3 Å². The summed E-state index contributed by atoms with van der Waals surface area (Å²) in [6, 6.07) is 14.7. The van der Waals surface area contributed by atoms with Crippen LogP contribution in [0.25, 0.3) is 0 Å². The summed E-state index contributed by atoms with van der Waals surface area (Å²) in [4.78, 5) is 12.2. The molecule has 0 aliphatic carbocycles. The Balaban J connectivity index is 1.93. The van der Waals surface area contributed by atoms with E-state index in [2.05, 4.69) is 5.32 Å². The molecule has 22 heavy (non-hydrogen) atoms. The minimum atomic E-state index is -0.137. The van der Waals surface area contributed by atoms with Crippen LogP contribution in [0.2, 0.25) is 5.02 Å². The molecule has 0 radical (unpaired) electrons. The van der Waals surface area contributed by atoms with Crippen LogP contribution in [0.5, 0.6) is 5.75 Å². The van der Waals surface area contributed by atoms with Gasteiger partial charge in [-0.05, 0) is 49.2 Å². The highest BCUT2D eigenvalue weighted by atomic mass is 35.5. The summed E-state index contributed by atoms with van der Waals surface area (Å²) in [5.41, 5.74) is 1.70. The average Bonchev–Trinajstić information content (AvgIpc) is 2.51. The number of rotatable bonds is 6. The predicted octanol–water partition coefficient (Wildman–Crippen LogP) is 4.24. The number of aryl methyl sites for hydroxylation is 1. The van der Waals surface area contributed by atoms with Gasteiger partial charge in [-0.15, -0.1) is 0 Å². The van der Waals surface area contributed by atoms with Crippen LogP contribution in [0.3, 0.4) is 0 Å². The van der Waals surface area contributed by atoms with E-state index in [0.29, 0.717) is 17.2 Å². The normalized spacial score (nSPS) is 11.8. The maximum Gasteiger partial charge on any atom is 0.251 e. The molecule has 0 aliphatic heterocycles. The lowest BCUT2D eigenvalue weighted by Crippen LogP contribution is -2.38. The SMILES string of the molecule is CCC(COc1cccc(C)c1)NC(=O)c1cccc(Cl)c1. The van der Waals surface area contributed by atoms with Gasteiger partial charge in [0.25, 0.3) is 5.91 Å². The zero-order chi connectivity index (χ0) is 15.9. The van der Waals surface area contributed by atoms with Crippen LogP contribution in [-0.4, -0.2) is 18.6 Å². The van der Waals surface area contributed by atoms with Gasteiger partial charge in [0.1, 0.15) is 12.4 Å². The fraction of sp³-hybridized carbons (Fsp3) is 0.278. The first-order valence-corrected chi connectivity index (χ1v) is 7.72. The highest BCUT2D eigenvalue weighted by Gasteiger charge is 2.13. The first-order valence-electron chi connectivity index (χ1n) is 7.34. The van der Waals surface area contributed by atoms with E-state index in [1.807, 2.05) is 38.1 Å². The van der Waals surface area contributed by atoms with Gasteiger partial charge in [-0.3, -0.25) is 4.79 Å². The number of halogens is 1. The van der Waals surface area contributed by atoms with Crippen LogP contribution in [0.15, 0.2) is 48.5 Å². The lowest BCUT2D eigenvalue weighted by atomic mass is 10.1. The molecule has 0 saturated heterocycles. The molecule has 1 unspecified atom stereocenters. The summed E-state index contributed by atoms with van der Waals surface area (Å²) in [5.74, 6) is 0.678. The number of hydrogen-bond acceptors (Lipinski definition) is 2. The second kappa shape index (κ2) is 7.85. The Morgan fingerprint density at radius 3 is 2.68 bits per heavy atom. The van der Waals surface area contributed by atoms with Crippen LogP contribution in [0, 0.1) is 6.92 Å². The molecule has 1 amide bonds.